The Labute approximate surface area is 125 Å². The first kappa shape index (κ1) is 14.6. The predicted octanol–water partition coefficient (Wildman–Crippen LogP) is 1.84. The largest absolute Gasteiger partial charge is 0.320 e. The van der Waals surface area contributed by atoms with Crippen LogP contribution < -0.4 is 5.32 Å². The second kappa shape index (κ2) is 5.64. The van der Waals surface area contributed by atoms with Crippen molar-refractivity contribution in [2.75, 3.05) is 6.54 Å². The summed E-state index contributed by atoms with van der Waals surface area (Å²) >= 11 is 12.0. The van der Waals surface area contributed by atoms with Gasteiger partial charge in [-0.05, 0) is 18.2 Å². The molecular formula is C13H10Cl2N2O3. The Morgan fingerprint density at radius 3 is 2.45 bits per heavy atom. The number of carbonyl (C=O) groups excluding carboxylic acids is 3. The number of hydrogen-bond donors (Lipinski definition) is 1. The van der Waals surface area contributed by atoms with Crippen molar-refractivity contribution in [1.82, 2.24) is 10.2 Å². The monoisotopic (exact) mass is 312 g/mol. The summed E-state index contributed by atoms with van der Waals surface area (Å²) in [5.74, 6) is -1.54. The van der Waals surface area contributed by atoms with Gasteiger partial charge in [0.1, 0.15) is 12.2 Å². The van der Waals surface area contributed by atoms with Crippen LogP contribution in [-0.2, 0) is 14.4 Å². The molecule has 0 aliphatic carbocycles. The zero-order valence-corrected chi connectivity index (χ0v) is 12.0. The van der Waals surface area contributed by atoms with Crippen LogP contribution in [0.1, 0.15) is 12.5 Å². The van der Waals surface area contributed by atoms with Gasteiger partial charge in [0.25, 0.3) is 5.91 Å². The summed E-state index contributed by atoms with van der Waals surface area (Å²) in [6.07, 6.45) is 1.36. The van der Waals surface area contributed by atoms with Crippen LogP contribution >= 0.6 is 23.2 Å². The van der Waals surface area contributed by atoms with Gasteiger partial charge in [-0.15, -0.1) is 0 Å². The molecule has 1 saturated heterocycles. The Morgan fingerprint density at radius 2 is 1.90 bits per heavy atom. The predicted molar refractivity (Wildman–Crippen MR) is 75.0 cm³/mol. The van der Waals surface area contributed by atoms with E-state index in [4.69, 9.17) is 23.2 Å². The second-order valence-corrected chi connectivity index (χ2v) is 4.97. The number of nitrogens with zero attached hydrogens (tertiary/aromatic N) is 1. The fourth-order valence-electron chi connectivity index (χ4n) is 1.75. The number of nitrogens with one attached hydrogen (secondary N) is 1. The molecule has 1 fully saturated rings. The van der Waals surface area contributed by atoms with Crippen LogP contribution in [0.25, 0.3) is 6.08 Å². The lowest BCUT2D eigenvalue weighted by Gasteiger charge is -2.25. The van der Waals surface area contributed by atoms with Gasteiger partial charge in [0, 0.05) is 22.5 Å². The zero-order chi connectivity index (χ0) is 14.9. The van der Waals surface area contributed by atoms with Crippen LogP contribution in [0.3, 0.4) is 0 Å². The maximum absolute atomic E-state index is 12.1. The molecule has 1 aromatic rings. The average molecular weight is 313 g/mol. The highest BCUT2D eigenvalue weighted by Gasteiger charge is 2.30. The molecule has 1 aliphatic heterocycles. The number of halogens is 2. The smallest absolute Gasteiger partial charge is 0.277 e. The van der Waals surface area contributed by atoms with E-state index in [1.165, 1.54) is 13.0 Å². The van der Waals surface area contributed by atoms with Gasteiger partial charge < -0.3 is 5.32 Å². The van der Waals surface area contributed by atoms with Gasteiger partial charge in [-0.1, -0.05) is 29.3 Å². The molecule has 20 heavy (non-hydrogen) atoms. The zero-order valence-electron chi connectivity index (χ0n) is 10.4. The van der Waals surface area contributed by atoms with Gasteiger partial charge in [-0.2, -0.15) is 0 Å². The van der Waals surface area contributed by atoms with E-state index in [0.717, 1.165) is 4.90 Å². The van der Waals surface area contributed by atoms with Gasteiger partial charge in [-0.3, -0.25) is 19.3 Å². The average Bonchev–Trinajstić information content (AvgIpc) is 2.37. The highest BCUT2D eigenvalue weighted by molar-refractivity contribution is 6.37. The molecule has 0 atom stereocenters. The van der Waals surface area contributed by atoms with Crippen LogP contribution in [0.15, 0.2) is 23.9 Å². The molecule has 7 heteroatoms. The number of rotatable bonds is 1. The van der Waals surface area contributed by atoms with Crippen molar-refractivity contribution >= 4 is 47.0 Å². The van der Waals surface area contributed by atoms with Crippen molar-refractivity contribution in [2.45, 2.75) is 6.92 Å². The quantitative estimate of drug-likeness (QED) is 0.805. The summed E-state index contributed by atoms with van der Waals surface area (Å²) in [4.78, 5) is 35.8. The van der Waals surface area contributed by atoms with Crippen LogP contribution in [0.5, 0.6) is 0 Å². The molecule has 1 aliphatic rings. The van der Waals surface area contributed by atoms with E-state index in [1.54, 1.807) is 18.2 Å². The molecule has 3 amide bonds. The van der Waals surface area contributed by atoms with Crippen molar-refractivity contribution < 1.29 is 14.4 Å². The molecule has 0 bridgehead atoms. The maximum Gasteiger partial charge on any atom is 0.277 e. The van der Waals surface area contributed by atoms with E-state index in [-0.39, 0.29) is 12.2 Å². The number of carbonyl (C=O) groups is 3. The normalized spacial score (nSPS) is 17.4. The molecule has 0 unspecified atom stereocenters. The standard InChI is InChI=1S/C13H10Cl2N2O3/c1-7(18)17-6-12(19)16-11(13(17)20)5-8-9(14)3-2-4-10(8)15/h2-5H,6H2,1H3,(H,16,19)/b11-5-. The molecule has 0 spiro atoms. The minimum Gasteiger partial charge on any atom is -0.320 e. The fourth-order valence-corrected chi connectivity index (χ4v) is 2.26. The first-order chi connectivity index (χ1) is 9.40. The van der Waals surface area contributed by atoms with Gasteiger partial charge in [0.05, 0.1) is 0 Å². The minimum atomic E-state index is -0.590. The minimum absolute atomic E-state index is 0.0357. The van der Waals surface area contributed by atoms with Crippen molar-refractivity contribution in [3.63, 3.8) is 0 Å². The summed E-state index contributed by atoms with van der Waals surface area (Å²) < 4.78 is 0. The van der Waals surface area contributed by atoms with E-state index in [0.29, 0.717) is 15.6 Å². The van der Waals surface area contributed by atoms with Crippen molar-refractivity contribution in [3.05, 3.63) is 39.5 Å². The Kier molecular flexibility index (Phi) is 4.11. The lowest BCUT2D eigenvalue weighted by molar-refractivity contribution is -0.147. The van der Waals surface area contributed by atoms with E-state index in [1.807, 2.05) is 0 Å². The van der Waals surface area contributed by atoms with Crippen LogP contribution in [0.4, 0.5) is 0 Å². The molecular weight excluding hydrogens is 303 g/mol. The summed E-state index contributed by atoms with van der Waals surface area (Å²) in [7, 11) is 0. The first-order valence-electron chi connectivity index (χ1n) is 5.68. The van der Waals surface area contributed by atoms with Crippen LogP contribution in [0.2, 0.25) is 10.0 Å². The molecule has 0 saturated carbocycles. The fraction of sp³-hybridized carbons (Fsp3) is 0.154. The number of benzene rings is 1. The third-order valence-corrected chi connectivity index (χ3v) is 3.38. The topological polar surface area (TPSA) is 66.5 Å². The van der Waals surface area contributed by atoms with Gasteiger partial charge in [0.15, 0.2) is 0 Å². The number of piperazine rings is 1. The van der Waals surface area contributed by atoms with Crippen molar-refractivity contribution in [1.29, 1.82) is 0 Å². The number of hydrogen-bond acceptors (Lipinski definition) is 3. The van der Waals surface area contributed by atoms with E-state index in [2.05, 4.69) is 5.32 Å². The number of amides is 3. The summed E-state index contributed by atoms with van der Waals surface area (Å²) in [6.45, 7) is 0.929. The van der Waals surface area contributed by atoms with E-state index >= 15 is 0 Å². The molecule has 2 rings (SSSR count). The molecule has 5 nitrogen and oxygen atoms in total. The van der Waals surface area contributed by atoms with Crippen LogP contribution in [0, 0.1) is 0 Å². The lowest BCUT2D eigenvalue weighted by Crippen LogP contribution is -2.51. The van der Waals surface area contributed by atoms with Gasteiger partial charge >= 0.3 is 0 Å². The Bertz CT molecular complexity index is 620. The molecule has 1 heterocycles. The highest BCUT2D eigenvalue weighted by Crippen LogP contribution is 2.27. The highest BCUT2D eigenvalue weighted by atomic mass is 35.5. The van der Waals surface area contributed by atoms with Crippen molar-refractivity contribution in [3.8, 4) is 0 Å². The van der Waals surface area contributed by atoms with Gasteiger partial charge in [0.2, 0.25) is 11.8 Å². The van der Waals surface area contributed by atoms with Gasteiger partial charge in [-0.25, -0.2) is 0 Å². The Morgan fingerprint density at radius 1 is 1.30 bits per heavy atom. The first-order valence-corrected chi connectivity index (χ1v) is 6.43. The summed E-state index contributed by atoms with van der Waals surface area (Å²) in [5.41, 5.74) is 0.372. The molecule has 1 N–H and O–H groups in total. The van der Waals surface area contributed by atoms with Crippen LogP contribution in [-0.4, -0.2) is 29.2 Å². The summed E-state index contributed by atoms with van der Waals surface area (Å²) in [5, 5.41) is 3.09. The Hall–Kier alpha value is -1.85. The number of imide groups is 1. The third kappa shape index (κ3) is 2.84. The maximum atomic E-state index is 12.1. The molecule has 104 valence electrons. The third-order valence-electron chi connectivity index (χ3n) is 2.72. The van der Waals surface area contributed by atoms with E-state index in [9.17, 15) is 14.4 Å². The van der Waals surface area contributed by atoms with Crippen molar-refractivity contribution in [2.24, 2.45) is 0 Å². The second-order valence-electron chi connectivity index (χ2n) is 4.15. The van der Waals surface area contributed by atoms with E-state index < -0.39 is 17.7 Å². The summed E-state index contributed by atoms with van der Waals surface area (Å²) in [6, 6.07) is 4.88. The molecule has 0 radical (unpaired) electrons. The molecule has 1 aromatic carbocycles. The molecule has 0 aromatic heterocycles. The lowest BCUT2D eigenvalue weighted by atomic mass is 10.1. The SMILES string of the molecule is CC(=O)N1CC(=O)N/C(=C\c2c(Cl)cccc2Cl)C1=O. The Balaban J connectivity index is 2.45.